The molecule has 4 nitrogen and oxygen atoms in total. The zero-order valence-electron chi connectivity index (χ0n) is 12.5. The fourth-order valence-electron chi connectivity index (χ4n) is 2.44. The molecule has 1 aromatic carbocycles. The molecule has 0 aliphatic carbocycles. The summed E-state index contributed by atoms with van der Waals surface area (Å²) in [7, 11) is 1.73. The van der Waals surface area contributed by atoms with Crippen molar-refractivity contribution >= 4 is 29.2 Å². The van der Waals surface area contributed by atoms with Gasteiger partial charge in [0, 0.05) is 31.1 Å². The first-order chi connectivity index (χ1) is 10.4. The third-order valence-corrected chi connectivity index (χ3v) is 4.37. The molecule has 22 heavy (non-hydrogen) atoms. The Morgan fingerprint density at radius 2 is 2.23 bits per heavy atom. The predicted molar refractivity (Wildman–Crippen MR) is 84.9 cm³/mol. The van der Waals surface area contributed by atoms with Crippen molar-refractivity contribution < 1.29 is 13.9 Å². The van der Waals surface area contributed by atoms with Crippen LogP contribution in [0.25, 0.3) is 0 Å². The maximum Gasteiger partial charge on any atom is 0.317 e. The molecule has 1 heterocycles. The minimum Gasteiger partial charge on any atom is -0.381 e. The van der Waals surface area contributed by atoms with E-state index in [0.29, 0.717) is 29.7 Å². The van der Waals surface area contributed by atoms with E-state index in [1.807, 2.05) is 0 Å². The second-order valence-corrected chi connectivity index (χ2v) is 6.38. The van der Waals surface area contributed by atoms with E-state index in [9.17, 15) is 9.18 Å². The molecule has 7 heteroatoms. The molecule has 0 radical (unpaired) electrons. The van der Waals surface area contributed by atoms with E-state index in [0.717, 1.165) is 13.0 Å². The average molecular weight is 349 g/mol. The number of amides is 2. The third-order valence-electron chi connectivity index (χ3n) is 3.75. The normalized spacial score (nSPS) is 19.0. The van der Waals surface area contributed by atoms with Gasteiger partial charge in [-0.05, 0) is 31.0 Å². The van der Waals surface area contributed by atoms with Gasteiger partial charge >= 0.3 is 6.03 Å². The summed E-state index contributed by atoms with van der Waals surface area (Å²) in [6, 6.07) is 1.94. The van der Waals surface area contributed by atoms with Gasteiger partial charge in [0.05, 0.1) is 17.7 Å². The van der Waals surface area contributed by atoms with E-state index >= 15 is 0 Å². The van der Waals surface area contributed by atoms with Gasteiger partial charge in [0.2, 0.25) is 0 Å². The largest absolute Gasteiger partial charge is 0.381 e. The SMILES string of the molecule is C[C@H](NC(=O)N(C)C[C@H]1CCOC1)c1cc(F)c(Cl)cc1Cl. The van der Waals surface area contributed by atoms with E-state index in [-0.39, 0.29) is 11.1 Å². The van der Waals surface area contributed by atoms with E-state index in [4.69, 9.17) is 27.9 Å². The molecule has 1 aliphatic rings. The van der Waals surface area contributed by atoms with Crippen LogP contribution in [0.2, 0.25) is 10.0 Å². The van der Waals surface area contributed by atoms with Gasteiger partial charge in [-0.25, -0.2) is 9.18 Å². The van der Waals surface area contributed by atoms with Crippen LogP contribution in [0.4, 0.5) is 9.18 Å². The van der Waals surface area contributed by atoms with E-state index in [1.165, 1.54) is 12.1 Å². The van der Waals surface area contributed by atoms with Crippen LogP contribution in [0.5, 0.6) is 0 Å². The Hall–Kier alpha value is -1.04. The Kier molecular flexibility index (Phi) is 5.89. The number of nitrogens with one attached hydrogen (secondary N) is 1. The molecular weight excluding hydrogens is 330 g/mol. The molecule has 2 atom stereocenters. The Balaban J connectivity index is 1.97. The van der Waals surface area contributed by atoms with Gasteiger partial charge in [-0.15, -0.1) is 0 Å². The molecule has 1 aliphatic heterocycles. The second-order valence-electron chi connectivity index (χ2n) is 5.57. The maximum atomic E-state index is 13.6. The van der Waals surface area contributed by atoms with Crippen LogP contribution in [0.15, 0.2) is 12.1 Å². The monoisotopic (exact) mass is 348 g/mol. The molecular formula is C15H19Cl2FN2O2. The zero-order valence-corrected chi connectivity index (χ0v) is 14.0. The highest BCUT2D eigenvalue weighted by molar-refractivity contribution is 6.35. The summed E-state index contributed by atoms with van der Waals surface area (Å²) in [6.45, 7) is 3.80. The van der Waals surface area contributed by atoms with Gasteiger partial charge in [-0.2, -0.15) is 0 Å². The van der Waals surface area contributed by atoms with Crippen molar-refractivity contribution in [1.82, 2.24) is 10.2 Å². The van der Waals surface area contributed by atoms with E-state index < -0.39 is 11.9 Å². The molecule has 1 fully saturated rings. The highest BCUT2D eigenvalue weighted by Gasteiger charge is 2.22. The minimum atomic E-state index is -0.557. The number of hydrogen-bond acceptors (Lipinski definition) is 2. The summed E-state index contributed by atoms with van der Waals surface area (Å²) in [4.78, 5) is 13.8. The molecule has 0 bridgehead atoms. The lowest BCUT2D eigenvalue weighted by Crippen LogP contribution is -2.41. The predicted octanol–water partition coefficient (Wildman–Crippen LogP) is 3.87. The lowest BCUT2D eigenvalue weighted by atomic mass is 10.1. The van der Waals surface area contributed by atoms with Crippen molar-refractivity contribution in [2.45, 2.75) is 19.4 Å². The summed E-state index contributed by atoms with van der Waals surface area (Å²) in [5, 5.41) is 3.10. The van der Waals surface area contributed by atoms with Crippen LogP contribution in [-0.4, -0.2) is 37.7 Å². The van der Waals surface area contributed by atoms with E-state index in [1.54, 1.807) is 18.9 Å². The number of rotatable bonds is 4. The molecule has 1 saturated heterocycles. The van der Waals surface area contributed by atoms with Crippen LogP contribution in [-0.2, 0) is 4.74 Å². The van der Waals surface area contributed by atoms with Crippen molar-refractivity contribution in [3.05, 3.63) is 33.6 Å². The van der Waals surface area contributed by atoms with Gasteiger partial charge in [-0.1, -0.05) is 23.2 Å². The number of urea groups is 1. The first-order valence-electron chi connectivity index (χ1n) is 7.12. The first-order valence-corrected chi connectivity index (χ1v) is 7.88. The summed E-state index contributed by atoms with van der Waals surface area (Å²) in [6.07, 6.45) is 0.960. The molecule has 0 aromatic heterocycles. The van der Waals surface area contributed by atoms with Crippen LogP contribution in [0.3, 0.4) is 0 Å². The fraction of sp³-hybridized carbons (Fsp3) is 0.533. The lowest BCUT2D eigenvalue weighted by Gasteiger charge is -2.24. The van der Waals surface area contributed by atoms with Crippen LogP contribution in [0.1, 0.15) is 24.9 Å². The molecule has 1 N–H and O–H groups in total. The number of ether oxygens (including phenoxy) is 1. The van der Waals surface area contributed by atoms with Gasteiger partial charge in [0.25, 0.3) is 0 Å². The summed E-state index contributed by atoms with van der Waals surface area (Å²) in [5.74, 6) is -0.193. The number of halogens is 3. The van der Waals surface area contributed by atoms with Crippen molar-refractivity contribution in [2.75, 3.05) is 26.8 Å². The summed E-state index contributed by atoms with van der Waals surface area (Å²) >= 11 is 11.7. The standard InChI is InChI=1S/C15H19Cl2FN2O2/c1-9(11-5-14(18)13(17)6-12(11)16)19-15(21)20(2)7-10-3-4-22-8-10/h5-6,9-10H,3-4,7-8H2,1-2H3,(H,19,21)/t9-,10+/m0/s1. The Morgan fingerprint density at radius 1 is 1.50 bits per heavy atom. The van der Waals surface area contributed by atoms with Gasteiger partial charge in [-0.3, -0.25) is 0 Å². The number of carbonyl (C=O) groups excluding carboxylic acids is 1. The quantitative estimate of drug-likeness (QED) is 0.839. The second kappa shape index (κ2) is 7.49. The number of hydrogen-bond donors (Lipinski definition) is 1. The zero-order chi connectivity index (χ0) is 16.3. The number of carbonyl (C=O) groups is 1. The van der Waals surface area contributed by atoms with Crippen LogP contribution < -0.4 is 5.32 Å². The number of nitrogens with zero attached hydrogens (tertiary/aromatic N) is 1. The summed E-state index contributed by atoms with van der Waals surface area (Å²) in [5.41, 5.74) is 0.495. The Bertz CT molecular complexity index is 551. The molecule has 122 valence electrons. The molecule has 0 unspecified atom stereocenters. The van der Waals surface area contributed by atoms with Crippen LogP contribution in [0, 0.1) is 11.7 Å². The van der Waals surface area contributed by atoms with Crippen molar-refractivity contribution in [3.63, 3.8) is 0 Å². The van der Waals surface area contributed by atoms with Gasteiger partial charge < -0.3 is 15.0 Å². The minimum absolute atomic E-state index is 0.0365. The van der Waals surface area contributed by atoms with Gasteiger partial charge in [0.15, 0.2) is 0 Å². The topological polar surface area (TPSA) is 41.6 Å². The van der Waals surface area contributed by atoms with Crippen molar-refractivity contribution in [2.24, 2.45) is 5.92 Å². The molecule has 2 amide bonds. The highest BCUT2D eigenvalue weighted by atomic mass is 35.5. The molecule has 2 rings (SSSR count). The fourth-order valence-corrected chi connectivity index (χ4v) is 2.99. The molecule has 1 aromatic rings. The Labute approximate surface area is 139 Å². The number of benzene rings is 1. The average Bonchev–Trinajstić information content (AvgIpc) is 2.95. The first kappa shape index (κ1) is 17.3. The van der Waals surface area contributed by atoms with Gasteiger partial charge in [0.1, 0.15) is 5.82 Å². The van der Waals surface area contributed by atoms with Crippen molar-refractivity contribution in [1.29, 1.82) is 0 Å². The third kappa shape index (κ3) is 4.24. The van der Waals surface area contributed by atoms with Crippen molar-refractivity contribution in [3.8, 4) is 0 Å². The molecule has 0 saturated carbocycles. The van der Waals surface area contributed by atoms with Crippen LogP contribution >= 0.6 is 23.2 Å². The Morgan fingerprint density at radius 3 is 2.86 bits per heavy atom. The maximum absolute atomic E-state index is 13.6. The summed E-state index contributed by atoms with van der Waals surface area (Å²) < 4.78 is 18.9. The smallest absolute Gasteiger partial charge is 0.317 e. The highest BCUT2D eigenvalue weighted by Crippen LogP contribution is 2.28. The molecule has 0 spiro atoms. The lowest BCUT2D eigenvalue weighted by molar-refractivity contribution is 0.170. The van der Waals surface area contributed by atoms with E-state index in [2.05, 4.69) is 5.32 Å².